The van der Waals surface area contributed by atoms with E-state index in [-0.39, 0.29) is 5.78 Å². The van der Waals surface area contributed by atoms with Gasteiger partial charge in [0, 0.05) is 23.8 Å². The van der Waals surface area contributed by atoms with Gasteiger partial charge in [-0.3, -0.25) is 4.79 Å². The van der Waals surface area contributed by atoms with E-state index in [1.807, 2.05) is 44.2 Å². The van der Waals surface area contributed by atoms with Crippen LogP contribution in [0.1, 0.15) is 32.1 Å². The molecule has 3 rings (SSSR count). The van der Waals surface area contributed by atoms with E-state index in [0.29, 0.717) is 22.7 Å². The zero-order valence-electron chi connectivity index (χ0n) is 13.3. The Bertz CT molecular complexity index is 882. The first-order valence-corrected chi connectivity index (χ1v) is 8.11. The van der Waals surface area contributed by atoms with Gasteiger partial charge in [0.05, 0.1) is 12.3 Å². The lowest BCUT2D eigenvalue weighted by Crippen LogP contribution is -2.02. The maximum Gasteiger partial charge on any atom is 0.205 e. The smallest absolute Gasteiger partial charge is 0.205 e. The molecule has 0 aliphatic carbocycles. The van der Waals surface area contributed by atoms with E-state index < -0.39 is 0 Å². The topological polar surface area (TPSA) is 65.2 Å². The van der Waals surface area contributed by atoms with E-state index in [0.717, 1.165) is 27.0 Å². The molecular weight excluding hydrogens is 308 g/mol. The number of nitrogen functional groups attached to an aromatic ring is 1. The molecule has 0 saturated heterocycles. The Labute approximate surface area is 138 Å². The molecule has 0 aliphatic rings. The minimum absolute atomic E-state index is 0.0634. The molecule has 0 bridgehead atoms. The summed E-state index contributed by atoms with van der Waals surface area (Å²) in [7, 11) is 1.64. The van der Waals surface area contributed by atoms with Gasteiger partial charge in [0.15, 0.2) is 0 Å². The molecule has 0 radical (unpaired) electrons. The number of benzene rings is 1. The normalized spacial score (nSPS) is 11.1. The Hall–Kier alpha value is -2.24. The van der Waals surface area contributed by atoms with Crippen LogP contribution in [0, 0.1) is 13.8 Å². The maximum absolute atomic E-state index is 12.8. The Balaban J connectivity index is 2.15. The molecule has 23 heavy (non-hydrogen) atoms. The maximum atomic E-state index is 12.8. The van der Waals surface area contributed by atoms with E-state index in [1.54, 1.807) is 7.11 Å². The van der Waals surface area contributed by atoms with Crippen LogP contribution in [-0.4, -0.2) is 17.9 Å². The van der Waals surface area contributed by atoms with Crippen molar-refractivity contribution in [1.29, 1.82) is 0 Å². The summed E-state index contributed by atoms with van der Waals surface area (Å²) in [5.41, 5.74) is 10.4. The number of pyridine rings is 1. The summed E-state index contributed by atoms with van der Waals surface area (Å²) in [5.74, 6) is -0.0634. The van der Waals surface area contributed by atoms with Crippen LogP contribution in [0.4, 0.5) is 5.69 Å². The molecule has 0 amide bonds. The number of thiophene rings is 1. The monoisotopic (exact) mass is 326 g/mol. The lowest BCUT2D eigenvalue weighted by Gasteiger charge is -2.05. The molecule has 0 fully saturated rings. The molecule has 0 saturated carbocycles. The van der Waals surface area contributed by atoms with Gasteiger partial charge in [-0.15, -0.1) is 11.3 Å². The van der Waals surface area contributed by atoms with Crippen molar-refractivity contribution < 1.29 is 9.53 Å². The first kappa shape index (κ1) is 15.6. The van der Waals surface area contributed by atoms with Crippen molar-refractivity contribution in [2.45, 2.75) is 20.5 Å². The fraction of sp³-hybridized carbons (Fsp3) is 0.222. The first-order chi connectivity index (χ1) is 11.0. The molecular formula is C18H18N2O2S. The van der Waals surface area contributed by atoms with E-state index >= 15 is 0 Å². The fourth-order valence-electron chi connectivity index (χ4n) is 2.61. The third-order valence-electron chi connectivity index (χ3n) is 3.73. The zero-order valence-corrected chi connectivity index (χ0v) is 14.2. The predicted molar refractivity (Wildman–Crippen MR) is 94.1 cm³/mol. The number of hydrogen-bond acceptors (Lipinski definition) is 5. The highest BCUT2D eigenvalue weighted by Gasteiger charge is 2.21. The number of nitrogens with zero attached hydrogens (tertiary/aromatic N) is 1. The molecule has 0 atom stereocenters. The van der Waals surface area contributed by atoms with E-state index in [9.17, 15) is 4.79 Å². The van der Waals surface area contributed by atoms with Crippen LogP contribution >= 0.6 is 11.3 Å². The van der Waals surface area contributed by atoms with Crippen molar-refractivity contribution in [1.82, 2.24) is 4.98 Å². The standard InChI is InChI=1S/C18H18N2O2S/c1-10-4-6-12(7-5-10)16(21)17-15(19)14-13(9-22-3)8-11(2)20-18(14)23-17/h4-8H,9,19H2,1-3H3. The van der Waals surface area contributed by atoms with Gasteiger partial charge in [0.1, 0.15) is 9.71 Å². The zero-order chi connectivity index (χ0) is 16.6. The number of carbonyl (C=O) groups is 1. The Kier molecular flexibility index (Phi) is 4.15. The fourth-order valence-corrected chi connectivity index (χ4v) is 3.76. The van der Waals surface area contributed by atoms with Crippen LogP contribution in [0.15, 0.2) is 30.3 Å². The van der Waals surface area contributed by atoms with E-state index in [1.165, 1.54) is 11.3 Å². The van der Waals surface area contributed by atoms with Gasteiger partial charge in [-0.2, -0.15) is 0 Å². The third kappa shape index (κ3) is 2.85. The predicted octanol–water partition coefficient (Wildman–Crippen LogP) is 3.87. The van der Waals surface area contributed by atoms with Gasteiger partial charge in [0.25, 0.3) is 0 Å². The largest absolute Gasteiger partial charge is 0.397 e. The third-order valence-corrected chi connectivity index (χ3v) is 4.83. The summed E-state index contributed by atoms with van der Waals surface area (Å²) >= 11 is 1.34. The number of ketones is 1. The first-order valence-electron chi connectivity index (χ1n) is 7.30. The lowest BCUT2D eigenvalue weighted by atomic mass is 10.1. The molecule has 0 unspecified atom stereocenters. The van der Waals surface area contributed by atoms with Crippen LogP contribution in [0.3, 0.4) is 0 Å². The van der Waals surface area contributed by atoms with Crippen molar-refractivity contribution in [3.8, 4) is 0 Å². The summed E-state index contributed by atoms with van der Waals surface area (Å²) in [5, 5.41) is 0.831. The molecule has 0 spiro atoms. The van der Waals surface area contributed by atoms with Gasteiger partial charge in [-0.1, -0.05) is 29.8 Å². The van der Waals surface area contributed by atoms with Crippen molar-refractivity contribution >= 4 is 33.0 Å². The Morgan fingerprint density at radius 3 is 2.61 bits per heavy atom. The van der Waals surface area contributed by atoms with Crippen LogP contribution in [0.2, 0.25) is 0 Å². The SMILES string of the molecule is COCc1cc(C)nc2sc(C(=O)c3ccc(C)cc3)c(N)c12. The van der Waals surface area contributed by atoms with E-state index in [2.05, 4.69) is 4.98 Å². The van der Waals surface area contributed by atoms with Crippen LogP contribution in [0.5, 0.6) is 0 Å². The number of ether oxygens (including phenoxy) is 1. The molecule has 3 aromatic rings. The lowest BCUT2D eigenvalue weighted by molar-refractivity contribution is 0.104. The highest BCUT2D eigenvalue weighted by atomic mass is 32.1. The number of carbonyl (C=O) groups excluding carboxylic acids is 1. The Morgan fingerprint density at radius 1 is 1.26 bits per heavy atom. The van der Waals surface area contributed by atoms with Gasteiger partial charge in [0.2, 0.25) is 5.78 Å². The summed E-state index contributed by atoms with van der Waals surface area (Å²) < 4.78 is 5.25. The molecule has 5 heteroatoms. The van der Waals surface area contributed by atoms with Crippen molar-refractivity contribution in [2.24, 2.45) is 0 Å². The number of rotatable bonds is 4. The molecule has 2 N–H and O–H groups in total. The highest BCUT2D eigenvalue weighted by molar-refractivity contribution is 7.21. The second kappa shape index (κ2) is 6.10. The van der Waals surface area contributed by atoms with Crippen LogP contribution < -0.4 is 5.73 Å². The minimum atomic E-state index is -0.0634. The number of anilines is 1. The number of aryl methyl sites for hydroxylation is 2. The van der Waals surface area contributed by atoms with Crippen molar-refractivity contribution in [3.05, 3.63) is 57.6 Å². The molecule has 118 valence electrons. The number of fused-ring (bicyclic) bond motifs is 1. The summed E-state index contributed by atoms with van der Waals surface area (Å²) in [6.07, 6.45) is 0. The Morgan fingerprint density at radius 2 is 1.96 bits per heavy atom. The van der Waals surface area contributed by atoms with Crippen molar-refractivity contribution in [2.75, 3.05) is 12.8 Å². The van der Waals surface area contributed by atoms with Crippen LogP contribution in [0.25, 0.3) is 10.2 Å². The quantitative estimate of drug-likeness (QED) is 0.739. The highest BCUT2D eigenvalue weighted by Crippen LogP contribution is 2.36. The minimum Gasteiger partial charge on any atom is -0.397 e. The summed E-state index contributed by atoms with van der Waals surface area (Å²) in [6.45, 7) is 4.36. The molecule has 4 nitrogen and oxygen atoms in total. The summed E-state index contributed by atoms with van der Waals surface area (Å²) in [6, 6.07) is 9.46. The average molecular weight is 326 g/mol. The number of methoxy groups -OCH3 is 1. The number of nitrogens with two attached hydrogens (primary N) is 1. The van der Waals surface area contributed by atoms with Gasteiger partial charge < -0.3 is 10.5 Å². The molecule has 2 heterocycles. The second-order valence-corrected chi connectivity index (χ2v) is 6.58. The summed E-state index contributed by atoms with van der Waals surface area (Å²) in [4.78, 5) is 18.6. The van der Waals surface area contributed by atoms with Gasteiger partial charge in [-0.25, -0.2) is 4.98 Å². The van der Waals surface area contributed by atoms with Crippen molar-refractivity contribution in [3.63, 3.8) is 0 Å². The molecule has 0 aliphatic heterocycles. The molecule has 1 aromatic carbocycles. The average Bonchev–Trinajstić information content (AvgIpc) is 2.84. The number of hydrogen-bond donors (Lipinski definition) is 1. The van der Waals surface area contributed by atoms with E-state index in [4.69, 9.17) is 10.5 Å². The second-order valence-electron chi connectivity index (χ2n) is 5.58. The van der Waals surface area contributed by atoms with Gasteiger partial charge in [-0.05, 0) is 25.5 Å². The number of aromatic nitrogens is 1. The van der Waals surface area contributed by atoms with Gasteiger partial charge >= 0.3 is 0 Å². The molecule has 2 aromatic heterocycles. The van der Waals surface area contributed by atoms with Crippen LogP contribution in [-0.2, 0) is 11.3 Å².